The molecule has 0 bridgehead atoms. The minimum atomic E-state index is -0.182. The molecule has 0 fully saturated rings. The molecule has 130 valence electrons. The second kappa shape index (κ2) is 7.83. The second-order valence-electron chi connectivity index (χ2n) is 6.12. The van der Waals surface area contributed by atoms with Crippen LogP contribution in [-0.4, -0.2) is 25.5 Å². The van der Waals surface area contributed by atoms with Gasteiger partial charge in [0.2, 0.25) is 11.8 Å². The first-order valence-electron chi connectivity index (χ1n) is 8.47. The zero-order valence-electron chi connectivity index (χ0n) is 14.2. The van der Waals surface area contributed by atoms with Crippen LogP contribution in [0.25, 0.3) is 0 Å². The third kappa shape index (κ3) is 4.18. The molecule has 0 radical (unpaired) electrons. The fraction of sp³-hybridized carbons (Fsp3) is 0.300. The first kappa shape index (κ1) is 17.0. The number of carbonyl (C=O) groups excluding carboxylic acids is 2. The van der Waals surface area contributed by atoms with Crippen molar-refractivity contribution < 1.29 is 14.3 Å². The third-order valence-corrected chi connectivity index (χ3v) is 4.47. The quantitative estimate of drug-likeness (QED) is 0.816. The molecule has 2 aromatic carbocycles. The lowest BCUT2D eigenvalue weighted by Gasteiger charge is -2.10. The number of benzene rings is 2. The topological polar surface area (TPSA) is 67.4 Å². The van der Waals surface area contributed by atoms with Crippen LogP contribution in [0.2, 0.25) is 0 Å². The van der Waals surface area contributed by atoms with Gasteiger partial charge >= 0.3 is 0 Å². The molecule has 0 saturated carbocycles. The van der Waals surface area contributed by atoms with Crippen molar-refractivity contribution in [3.63, 3.8) is 0 Å². The van der Waals surface area contributed by atoms with E-state index in [0.717, 1.165) is 22.6 Å². The summed E-state index contributed by atoms with van der Waals surface area (Å²) in [6.45, 7) is 0.494. The summed E-state index contributed by atoms with van der Waals surface area (Å²) < 4.78 is 5.12. The Morgan fingerprint density at radius 1 is 1.16 bits per heavy atom. The van der Waals surface area contributed by atoms with Crippen molar-refractivity contribution in [1.29, 1.82) is 0 Å². The lowest BCUT2D eigenvalue weighted by atomic mass is 9.97. The lowest BCUT2D eigenvalue weighted by molar-refractivity contribution is -0.121. The molecule has 1 aliphatic rings. The molecule has 0 aromatic heterocycles. The zero-order chi connectivity index (χ0) is 17.6. The number of para-hydroxylation sites is 1. The Hall–Kier alpha value is -2.82. The summed E-state index contributed by atoms with van der Waals surface area (Å²) in [5.74, 6) is 0.637. The van der Waals surface area contributed by atoms with E-state index in [1.807, 2.05) is 48.5 Å². The van der Waals surface area contributed by atoms with Crippen molar-refractivity contribution in [2.24, 2.45) is 0 Å². The van der Waals surface area contributed by atoms with Crippen molar-refractivity contribution in [1.82, 2.24) is 5.32 Å². The number of nitrogens with one attached hydrogen (secondary N) is 2. The van der Waals surface area contributed by atoms with E-state index in [2.05, 4.69) is 10.6 Å². The van der Waals surface area contributed by atoms with E-state index in [4.69, 9.17) is 4.74 Å². The van der Waals surface area contributed by atoms with Crippen LogP contribution < -0.4 is 15.4 Å². The molecule has 0 aliphatic carbocycles. The van der Waals surface area contributed by atoms with Crippen LogP contribution in [0.3, 0.4) is 0 Å². The summed E-state index contributed by atoms with van der Waals surface area (Å²) in [5.41, 5.74) is 2.99. The monoisotopic (exact) mass is 338 g/mol. The number of anilines is 1. The van der Waals surface area contributed by atoms with Crippen LogP contribution in [0.1, 0.15) is 29.9 Å². The van der Waals surface area contributed by atoms with Gasteiger partial charge in [-0.15, -0.1) is 0 Å². The molecule has 25 heavy (non-hydrogen) atoms. The number of aryl methyl sites for hydroxylation is 1. The minimum Gasteiger partial charge on any atom is -0.497 e. The maximum Gasteiger partial charge on any atom is 0.232 e. The molecule has 5 heteroatoms. The highest BCUT2D eigenvalue weighted by atomic mass is 16.5. The lowest BCUT2D eigenvalue weighted by Crippen LogP contribution is -2.27. The summed E-state index contributed by atoms with van der Waals surface area (Å²) in [7, 11) is 1.63. The first-order chi connectivity index (χ1) is 12.2. The maximum absolute atomic E-state index is 12.0. The van der Waals surface area contributed by atoms with Gasteiger partial charge in [-0.25, -0.2) is 0 Å². The molecule has 2 aromatic rings. The van der Waals surface area contributed by atoms with E-state index in [0.29, 0.717) is 25.8 Å². The number of carbonyl (C=O) groups is 2. The molecule has 2 amide bonds. The molecule has 5 nitrogen and oxygen atoms in total. The molecular formula is C20H22N2O3. The highest BCUT2D eigenvalue weighted by Gasteiger charge is 2.29. The average Bonchev–Trinajstić information content (AvgIpc) is 2.96. The maximum atomic E-state index is 12.0. The Bertz CT molecular complexity index is 756. The van der Waals surface area contributed by atoms with Gasteiger partial charge in [-0.2, -0.15) is 0 Å². The Kier molecular flexibility index (Phi) is 5.33. The molecule has 1 aliphatic heterocycles. The van der Waals surface area contributed by atoms with Gasteiger partial charge in [0.1, 0.15) is 5.75 Å². The second-order valence-corrected chi connectivity index (χ2v) is 6.12. The SMILES string of the molecule is COc1ccc(CCC(=O)NCCC2C(=O)Nc3ccccc32)cc1. The number of rotatable bonds is 7. The summed E-state index contributed by atoms with van der Waals surface area (Å²) in [6, 6.07) is 15.4. The number of ether oxygens (including phenoxy) is 1. The van der Waals surface area contributed by atoms with Gasteiger partial charge in [0.05, 0.1) is 13.0 Å². The van der Waals surface area contributed by atoms with Crippen molar-refractivity contribution in [3.8, 4) is 5.75 Å². The third-order valence-electron chi connectivity index (χ3n) is 4.47. The molecule has 1 atom stereocenters. The van der Waals surface area contributed by atoms with E-state index < -0.39 is 0 Å². The van der Waals surface area contributed by atoms with E-state index in [9.17, 15) is 9.59 Å². The number of hydrogen-bond acceptors (Lipinski definition) is 3. The fourth-order valence-corrected chi connectivity index (χ4v) is 3.06. The number of hydrogen-bond donors (Lipinski definition) is 2. The Balaban J connectivity index is 1.43. The highest BCUT2D eigenvalue weighted by Crippen LogP contribution is 2.33. The highest BCUT2D eigenvalue weighted by molar-refractivity contribution is 6.02. The van der Waals surface area contributed by atoms with Gasteiger partial charge < -0.3 is 15.4 Å². The summed E-state index contributed by atoms with van der Waals surface area (Å²) >= 11 is 0. The number of fused-ring (bicyclic) bond motifs is 1. The van der Waals surface area contributed by atoms with E-state index in [-0.39, 0.29) is 17.7 Å². The van der Waals surface area contributed by atoms with Gasteiger partial charge in [-0.05, 0) is 42.2 Å². The number of amides is 2. The largest absolute Gasteiger partial charge is 0.497 e. The zero-order valence-corrected chi connectivity index (χ0v) is 14.2. The van der Waals surface area contributed by atoms with Crippen molar-refractivity contribution in [2.45, 2.75) is 25.2 Å². The van der Waals surface area contributed by atoms with Gasteiger partial charge in [-0.1, -0.05) is 30.3 Å². The fourth-order valence-electron chi connectivity index (χ4n) is 3.06. The summed E-state index contributed by atoms with van der Waals surface area (Å²) in [4.78, 5) is 24.0. The molecule has 3 rings (SSSR count). The van der Waals surface area contributed by atoms with Gasteiger partial charge in [-0.3, -0.25) is 9.59 Å². The van der Waals surface area contributed by atoms with E-state index >= 15 is 0 Å². The molecule has 2 N–H and O–H groups in total. The Morgan fingerprint density at radius 3 is 2.68 bits per heavy atom. The van der Waals surface area contributed by atoms with Crippen LogP contribution in [0, 0.1) is 0 Å². The summed E-state index contributed by atoms with van der Waals surface area (Å²) in [6.07, 6.45) is 1.72. The van der Waals surface area contributed by atoms with Gasteiger partial charge in [0.25, 0.3) is 0 Å². The van der Waals surface area contributed by atoms with Crippen molar-refractivity contribution >= 4 is 17.5 Å². The normalized spacial score (nSPS) is 15.4. The minimum absolute atomic E-state index is 0.00232. The molecular weight excluding hydrogens is 316 g/mol. The molecule has 0 saturated heterocycles. The van der Waals surface area contributed by atoms with Crippen molar-refractivity contribution in [2.75, 3.05) is 19.0 Å². The van der Waals surface area contributed by atoms with Crippen molar-refractivity contribution in [3.05, 3.63) is 59.7 Å². The smallest absolute Gasteiger partial charge is 0.232 e. The predicted molar refractivity (Wildman–Crippen MR) is 96.8 cm³/mol. The van der Waals surface area contributed by atoms with Crippen LogP contribution >= 0.6 is 0 Å². The van der Waals surface area contributed by atoms with E-state index in [1.54, 1.807) is 7.11 Å². The van der Waals surface area contributed by atoms with Crippen LogP contribution in [0.5, 0.6) is 5.75 Å². The first-order valence-corrected chi connectivity index (χ1v) is 8.47. The molecule has 1 unspecified atom stereocenters. The average molecular weight is 338 g/mol. The summed E-state index contributed by atoms with van der Waals surface area (Å²) in [5, 5.41) is 5.79. The van der Waals surface area contributed by atoms with Gasteiger partial charge in [0, 0.05) is 18.7 Å². The van der Waals surface area contributed by atoms with Crippen LogP contribution in [-0.2, 0) is 16.0 Å². The van der Waals surface area contributed by atoms with Gasteiger partial charge in [0.15, 0.2) is 0 Å². The van der Waals surface area contributed by atoms with Crippen LogP contribution in [0.15, 0.2) is 48.5 Å². The predicted octanol–water partition coefficient (Wildman–Crippen LogP) is 2.87. The van der Waals surface area contributed by atoms with E-state index in [1.165, 1.54) is 0 Å². The number of methoxy groups -OCH3 is 1. The molecule has 1 heterocycles. The van der Waals surface area contributed by atoms with Crippen LogP contribution in [0.4, 0.5) is 5.69 Å². The Morgan fingerprint density at radius 2 is 1.92 bits per heavy atom. The molecule has 0 spiro atoms. The standard InChI is InChI=1S/C20H22N2O3/c1-25-15-9-6-14(7-10-15)8-11-19(23)21-13-12-17-16-4-2-3-5-18(16)22-20(17)24/h2-7,9-10,17H,8,11-13H2,1H3,(H,21,23)(H,22,24). The Labute approximate surface area is 147 Å².